The predicted octanol–water partition coefficient (Wildman–Crippen LogP) is 2.02. The van der Waals surface area contributed by atoms with E-state index < -0.39 is 17.4 Å². The van der Waals surface area contributed by atoms with Gasteiger partial charge in [0.25, 0.3) is 5.91 Å². The number of furan rings is 1. The number of hydrogen-bond acceptors (Lipinski definition) is 5. The second-order valence-corrected chi connectivity index (χ2v) is 4.89. The standard InChI is InChI=1S/C16H17NO5/c1-16(15(19)20-2,11-22-13-6-4-3-5-7-13)17-14(18)12-8-9-21-10-12/h3-10H,11H2,1-2H3,(H,17,18). The Labute approximate surface area is 128 Å². The average molecular weight is 303 g/mol. The summed E-state index contributed by atoms with van der Waals surface area (Å²) < 4.78 is 15.2. The molecule has 0 saturated carbocycles. The Morgan fingerprint density at radius 3 is 2.55 bits per heavy atom. The van der Waals surface area contributed by atoms with E-state index in [9.17, 15) is 9.59 Å². The lowest BCUT2D eigenvalue weighted by atomic mass is 10.0. The zero-order chi connectivity index (χ0) is 16.0. The van der Waals surface area contributed by atoms with Gasteiger partial charge in [0, 0.05) is 0 Å². The van der Waals surface area contributed by atoms with Gasteiger partial charge in [0.1, 0.15) is 18.6 Å². The molecule has 2 aromatic rings. The molecular weight excluding hydrogens is 286 g/mol. The van der Waals surface area contributed by atoms with Crippen molar-refractivity contribution in [1.82, 2.24) is 5.32 Å². The van der Waals surface area contributed by atoms with E-state index in [0.717, 1.165) is 0 Å². The minimum absolute atomic E-state index is 0.0622. The van der Waals surface area contributed by atoms with Crippen LogP contribution in [0.15, 0.2) is 53.3 Å². The summed E-state index contributed by atoms with van der Waals surface area (Å²) in [6.45, 7) is 1.48. The van der Waals surface area contributed by atoms with Crippen LogP contribution in [0, 0.1) is 0 Å². The average Bonchev–Trinajstić information content (AvgIpc) is 3.08. The number of para-hydroxylation sites is 1. The first kappa shape index (κ1) is 15.6. The topological polar surface area (TPSA) is 77.8 Å². The first-order valence-corrected chi connectivity index (χ1v) is 6.66. The van der Waals surface area contributed by atoms with Gasteiger partial charge in [-0.15, -0.1) is 0 Å². The van der Waals surface area contributed by atoms with E-state index in [1.807, 2.05) is 18.2 Å². The molecule has 1 aromatic heterocycles. The van der Waals surface area contributed by atoms with Gasteiger partial charge in [-0.1, -0.05) is 18.2 Å². The van der Waals surface area contributed by atoms with E-state index in [1.54, 1.807) is 19.1 Å². The Morgan fingerprint density at radius 2 is 1.95 bits per heavy atom. The number of benzene rings is 1. The number of nitrogens with one attached hydrogen (secondary N) is 1. The minimum atomic E-state index is -1.32. The SMILES string of the molecule is COC(=O)C(C)(COc1ccccc1)NC(=O)c1ccoc1. The molecule has 1 N–H and O–H groups in total. The Bertz CT molecular complexity index is 623. The molecule has 1 aromatic carbocycles. The molecule has 0 aliphatic rings. The van der Waals surface area contributed by atoms with Gasteiger partial charge >= 0.3 is 5.97 Å². The maximum atomic E-state index is 12.1. The van der Waals surface area contributed by atoms with Gasteiger partial charge in [0.05, 0.1) is 18.9 Å². The highest BCUT2D eigenvalue weighted by atomic mass is 16.5. The fraction of sp³-hybridized carbons (Fsp3) is 0.250. The highest BCUT2D eigenvalue weighted by Gasteiger charge is 2.37. The summed E-state index contributed by atoms with van der Waals surface area (Å²) in [7, 11) is 1.26. The van der Waals surface area contributed by atoms with Crippen LogP contribution >= 0.6 is 0 Å². The van der Waals surface area contributed by atoms with Gasteiger partial charge in [0.15, 0.2) is 5.54 Å². The molecule has 1 atom stereocenters. The monoisotopic (exact) mass is 303 g/mol. The third kappa shape index (κ3) is 3.66. The van der Waals surface area contributed by atoms with Crippen LogP contribution in [0.4, 0.5) is 0 Å². The Kier molecular flexibility index (Phi) is 4.83. The first-order valence-electron chi connectivity index (χ1n) is 6.66. The largest absolute Gasteiger partial charge is 0.491 e. The van der Waals surface area contributed by atoms with Crippen molar-refractivity contribution in [2.75, 3.05) is 13.7 Å². The summed E-state index contributed by atoms with van der Waals surface area (Å²) in [4.78, 5) is 24.1. The van der Waals surface area contributed by atoms with Gasteiger partial charge < -0.3 is 19.2 Å². The molecule has 0 radical (unpaired) electrons. The van der Waals surface area contributed by atoms with Crippen molar-refractivity contribution in [2.45, 2.75) is 12.5 Å². The number of hydrogen-bond donors (Lipinski definition) is 1. The van der Waals surface area contributed by atoms with E-state index in [4.69, 9.17) is 13.9 Å². The van der Waals surface area contributed by atoms with E-state index in [1.165, 1.54) is 25.7 Å². The van der Waals surface area contributed by atoms with Gasteiger partial charge in [-0.05, 0) is 25.1 Å². The van der Waals surface area contributed by atoms with Gasteiger partial charge in [0.2, 0.25) is 0 Å². The van der Waals surface area contributed by atoms with Crippen molar-refractivity contribution in [3.8, 4) is 5.75 Å². The van der Waals surface area contributed by atoms with E-state index in [0.29, 0.717) is 11.3 Å². The summed E-state index contributed by atoms with van der Waals surface area (Å²) in [6, 6.07) is 10.5. The molecular formula is C16H17NO5. The molecule has 0 saturated heterocycles. The molecule has 1 amide bonds. The van der Waals surface area contributed by atoms with Crippen LogP contribution in [-0.4, -0.2) is 31.1 Å². The van der Waals surface area contributed by atoms with E-state index >= 15 is 0 Å². The zero-order valence-electron chi connectivity index (χ0n) is 12.4. The lowest BCUT2D eigenvalue weighted by Crippen LogP contribution is -2.56. The molecule has 0 bridgehead atoms. The lowest BCUT2D eigenvalue weighted by molar-refractivity contribution is -0.148. The normalized spacial score (nSPS) is 13.0. The van der Waals surface area contributed by atoms with Crippen molar-refractivity contribution < 1.29 is 23.5 Å². The molecule has 0 aliphatic carbocycles. The summed E-state index contributed by atoms with van der Waals surface area (Å²) in [5, 5.41) is 2.62. The fourth-order valence-corrected chi connectivity index (χ4v) is 1.83. The summed E-state index contributed by atoms with van der Waals surface area (Å²) in [5.74, 6) is -0.450. The summed E-state index contributed by atoms with van der Waals surface area (Å²) in [5.41, 5.74) is -1.01. The van der Waals surface area contributed by atoms with Crippen molar-refractivity contribution in [3.05, 3.63) is 54.5 Å². The maximum absolute atomic E-state index is 12.1. The zero-order valence-corrected chi connectivity index (χ0v) is 12.4. The lowest BCUT2D eigenvalue weighted by Gasteiger charge is -2.27. The third-order valence-electron chi connectivity index (χ3n) is 3.08. The van der Waals surface area contributed by atoms with Crippen molar-refractivity contribution >= 4 is 11.9 Å². The quantitative estimate of drug-likeness (QED) is 0.826. The van der Waals surface area contributed by atoms with Gasteiger partial charge in [-0.3, -0.25) is 4.79 Å². The summed E-state index contributed by atoms with van der Waals surface area (Å²) in [6.07, 6.45) is 2.68. The number of carbonyl (C=O) groups excluding carboxylic acids is 2. The van der Waals surface area contributed by atoms with Crippen LogP contribution in [0.25, 0.3) is 0 Å². The number of amides is 1. The fourth-order valence-electron chi connectivity index (χ4n) is 1.83. The van der Waals surface area contributed by atoms with Crippen LogP contribution in [0.3, 0.4) is 0 Å². The predicted molar refractivity (Wildman–Crippen MR) is 78.5 cm³/mol. The third-order valence-corrected chi connectivity index (χ3v) is 3.08. The van der Waals surface area contributed by atoms with Crippen LogP contribution < -0.4 is 10.1 Å². The molecule has 6 heteroatoms. The maximum Gasteiger partial charge on any atom is 0.334 e. The molecule has 0 fully saturated rings. The molecule has 1 unspecified atom stereocenters. The second-order valence-electron chi connectivity index (χ2n) is 4.89. The highest BCUT2D eigenvalue weighted by molar-refractivity contribution is 5.97. The molecule has 22 heavy (non-hydrogen) atoms. The van der Waals surface area contributed by atoms with Gasteiger partial charge in [-0.25, -0.2) is 4.79 Å². The molecule has 116 valence electrons. The van der Waals surface area contributed by atoms with Gasteiger partial charge in [-0.2, -0.15) is 0 Å². The second kappa shape index (κ2) is 6.80. The summed E-state index contributed by atoms with van der Waals surface area (Å²) >= 11 is 0. The van der Waals surface area contributed by atoms with E-state index in [-0.39, 0.29) is 6.61 Å². The van der Waals surface area contributed by atoms with Crippen molar-refractivity contribution in [2.24, 2.45) is 0 Å². The Balaban J connectivity index is 2.10. The van der Waals surface area contributed by atoms with Crippen LogP contribution in [0.1, 0.15) is 17.3 Å². The van der Waals surface area contributed by atoms with Crippen molar-refractivity contribution in [3.63, 3.8) is 0 Å². The molecule has 1 heterocycles. The highest BCUT2D eigenvalue weighted by Crippen LogP contribution is 2.14. The molecule has 2 rings (SSSR count). The number of rotatable bonds is 6. The van der Waals surface area contributed by atoms with Crippen LogP contribution in [0.5, 0.6) is 5.75 Å². The van der Waals surface area contributed by atoms with Crippen LogP contribution in [0.2, 0.25) is 0 Å². The van der Waals surface area contributed by atoms with Crippen molar-refractivity contribution in [1.29, 1.82) is 0 Å². The Hall–Kier alpha value is -2.76. The molecule has 6 nitrogen and oxygen atoms in total. The van der Waals surface area contributed by atoms with Crippen LogP contribution in [-0.2, 0) is 9.53 Å². The smallest absolute Gasteiger partial charge is 0.334 e. The molecule has 0 aliphatic heterocycles. The number of methoxy groups -OCH3 is 1. The minimum Gasteiger partial charge on any atom is -0.491 e. The molecule has 0 spiro atoms. The number of carbonyl (C=O) groups is 2. The number of esters is 1. The number of ether oxygens (including phenoxy) is 2. The Morgan fingerprint density at radius 1 is 1.23 bits per heavy atom. The van der Waals surface area contributed by atoms with E-state index in [2.05, 4.69) is 5.32 Å². The first-order chi connectivity index (χ1) is 10.5.